The first kappa shape index (κ1) is 35.5. The maximum atomic E-state index is 13.9. The first-order valence-corrected chi connectivity index (χ1v) is 19.2. The van der Waals surface area contributed by atoms with Gasteiger partial charge in [0.2, 0.25) is 15.9 Å². The van der Waals surface area contributed by atoms with Crippen LogP contribution in [0, 0.1) is 13.8 Å². The van der Waals surface area contributed by atoms with Gasteiger partial charge in [-0.05, 0) is 84.7 Å². The van der Waals surface area contributed by atoms with E-state index >= 15 is 0 Å². The van der Waals surface area contributed by atoms with Crippen LogP contribution in [0.15, 0.2) is 73.1 Å². The number of amides is 2. The zero-order chi connectivity index (χ0) is 36.8. The van der Waals surface area contributed by atoms with Crippen molar-refractivity contribution in [2.45, 2.75) is 57.4 Å². The van der Waals surface area contributed by atoms with Crippen molar-refractivity contribution in [2.24, 2.45) is 0 Å². The van der Waals surface area contributed by atoms with Gasteiger partial charge in [0, 0.05) is 69.6 Å². The smallest absolute Gasteiger partial charge is 0.253 e. The third-order valence-electron chi connectivity index (χ3n) is 10.2. The summed E-state index contributed by atoms with van der Waals surface area (Å²) < 4.78 is 29.1. The van der Waals surface area contributed by atoms with E-state index in [1.807, 2.05) is 37.3 Å². The lowest BCUT2D eigenvalue weighted by Crippen LogP contribution is -2.37. The Bertz CT molecular complexity index is 2300. The molecule has 1 aliphatic heterocycles. The summed E-state index contributed by atoms with van der Waals surface area (Å²) in [6.45, 7) is 6.43. The Morgan fingerprint density at radius 2 is 1.75 bits per heavy atom. The van der Waals surface area contributed by atoms with E-state index in [0.717, 1.165) is 53.6 Å². The van der Waals surface area contributed by atoms with Crippen LogP contribution >= 0.6 is 0 Å². The largest absolute Gasteiger partial charge is 0.388 e. The highest BCUT2D eigenvalue weighted by Gasteiger charge is 2.40. The van der Waals surface area contributed by atoms with Gasteiger partial charge >= 0.3 is 0 Å². The van der Waals surface area contributed by atoms with E-state index < -0.39 is 15.6 Å². The molecule has 2 aromatic heterocycles. The summed E-state index contributed by atoms with van der Waals surface area (Å²) in [5.41, 5.74) is 8.36. The number of aliphatic hydroxyl groups is 1. The molecule has 270 valence electrons. The van der Waals surface area contributed by atoms with Crippen LogP contribution in [0.3, 0.4) is 0 Å². The van der Waals surface area contributed by atoms with Gasteiger partial charge in [-0.1, -0.05) is 42.5 Å². The number of carbonyl (C=O) groups excluding carboxylic acids is 2. The first-order chi connectivity index (χ1) is 24.8. The lowest BCUT2D eigenvalue weighted by atomic mass is 9.92. The quantitative estimate of drug-likeness (QED) is 0.198. The Hall–Kier alpha value is -4.91. The molecule has 2 amide bonds. The zero-order valence-electron chi connectivity index (χ0n) is 30.0. The molecule has 1 saturated carbocycles. The van der Waals surface area contributed by atoms with E-state index in [2.05, 4.69) is 29.3 Å². The Morgan fingerprint density at radius 3 is 2.46 bits per heavy atom. The Balaban J connectivity index is 1.23. The molecule has 5 aromatic rings. The van der Waals surface area contributed by atoms with Crippen LogP contribution in [-0.4, -0.2) is 88.4 Å². The average Bonchev–Trinajstić information content (AvgIpc) is 3.73. The van der Waals surface area contributed by atoms with Crippen LogP contribution in [-0.2, 0) is 33.5 Å². The van der Waals surface area contributed by atoms with Gasteiger partial charge in [-0.25, -0.2) is 22.4 Å². The molecular formula is C40H44N6O5S. The van der Waals surface area contributed by atoms with Crippen LogP contribution < -0.4 is 5.32 Å². The monoisotopic (exact) mass is 720 g/mol. The maximum Gasteiger partial charge on any atom is 0.253 e. The van der Waals surface area contributed by atoms with Gasteiger partial charge in [0.15, 0.2) is 5.65 Å². The Labute approximate surface area is 304 Å². The number of aromatic nitrogens is 3. The number of fused-ring (bicyclic) bond motifs is 2. The second-order valence-electron chi connectivity index (χ2n) is 14.4. The summed E-state index contributed by atoms with van der Waals surface area (Å²) in [5.74, 6) is -0.376. The molecule has 0 radical (unpaired) electrons. The van der Waals surface area contributed by atoms with Gasteiger partial charge < -0.3 is 15.3 Å². The molecule has 1 fully saturated rings. The lowest BCUT2D eigenvalue weighted by Gasteiger charge is -2.30. The van der Waals surface area contributed by atoms with Crippen molar-refractivity contribution in [3.05, 3.63) is 106 Å². The molecule has 3 aromatic carbocycles. The van der Waals surface area contributed by atoms with Gasteiger partial charge in [-0.2, -0.15) is 0 Å². The van der Waals surface area contributed by atoms with Crippen LogP contribution in [0.25, 0.3) is 33.5 Å². The molecule has 0 unspecified atom stereocenters. The zero-order valence-corrected chi connectivity index (χ0v) is 30.8. The molecule has 52 heavy (non-hydrogen) atoms. The normalized spacial score (nSPS) is 15.3. The van der Waals surface area contributed by atoms with E-state index in [9.17, 15) is 23.1 Å². The summed E-state index contributed by atoms with van der Waals surface area (Å²) in [4.78, 5) is 38.9. The second-order valence-corrected chi connectivity index (χ2v) is 16.3. The van der Waals surface area contributed by atoms with Crippen molar-refractivity contribution in [3.8, 4) is 22.4 Å². The second kappa shape index (κ2) is 13.9. The lowest BCUT2D eigenvalue weighted by molar-refractivity contribution is -0.122. The number of nitrogens with zero attached hydrogens (tertiary/aromatic N) is 5. The van der Waals surface area contributed by atoms with E-state index in [1.54, 1.807) is 44.7 Å². The SMILES string of the molecule is Cc1cc(-c2cn(S(=O)(=O)Cc3ccccc3)c3ncc(-c4cc(C)c5c(c4)CN(CCC(=O)NCC4(O)CC4)CC5)nc23)ccc1C(=O)N(C)C. The van der Waals surface area contributed by atoms with Gasteiger partial charge in [0.05, 0.1) is 23.2 Å². The molecule has 3 heterocycles. The highest BCUT2D eigenvalue weighted by atomic mass is 32.2. The summed E-state index contributed by atoms with van der Waals surface area (Å²) in [5, 5.41) is 12.9. The van der Waals surface area contributed by atoms with Gasteiger partial charge in [-0.15, -0.1) is 0 Å². The minimum atomic E-state index is -3.89. The number of aryl methyl sites for hydroxylation is 2. The molecule has 1 aliphatic carbocycles. The highest BCUT2D eigenvalue weighted by molar-refractivity contribution is 7.89. The van der Waals surface area contributed by atoms with Crippen molar-refractivity contribution in [2.75, 3.05) is 33.7 Å². The van der Waals surface area contributed by atoms with Gasteiger partial charge in [-0.3, -0.25) is 14.5 Å². The number of benzene rings is 3. The topological polar surface area (TPSA) is 138 Å². The standard InChI is InChI=1S/C40H44N6O5S/c1-26-19-30(20-31-22-45(16-12-32(26)31)17-13-36(47)42-25-40(49)14-15-40)35-21-41-38-37(43-35)34(29-10-11-33(27(2)18-29)39(48)44(3)4)23-46(38)52(50,51)24-28-8-6-5-7-9-28/h5-11,18-21,23,49H,12-17,22,24-25H2,1-4H3,(H,42,47). The van der Waals surface area contributed by atoms with Crippen molar-refractivity contribution in [1.82, 2.24) is 29.1 Å². The molecule has 7 rings (SSSR count). The van der Waals surface area contributed by atoms with E-state index in [-0.39, 0.29) is 23.2 Å². The molecule has 2 aliphatic rings. The number of nitrogens with one attached hydrogen (secondary N) is 1. The predicted octanol–water partition coefficient (Wildman–Crippen LogP) is 4.85. The number of hydrogen-bond donors (Lipinski definition) is 2. The van der Waals surface area contributed by atoms with Crippen molar-refractivity contribution in [3.63, 3.8) is 0 Å². The fourth-order valence-corrected chi connectivity index (χ4v) is 8.36. The molecule has 12 heteroatoms. The minimum absolute atomic E-state index is 0.0534. The molecule has 2 N–H and O–H groups in total. The highest BCUT2D eigenvalue weighted by Crippen LogP contribution is 2.35. The van der Waals surface area contributed by atoms with E-state index in [4.69, 9.17) is 9.97 Å². The molecular weight excluding hydrogens is 677 g/mol. The number of hydrogen-bond acceptors (Lipinski definition) is 8. The molecule has 0 saturated heterocycles. The van der Waals surface area contributed by atoms with Crippen molar-refractivity contribution >= 4 is 33.0 Å². The Kier molecular flexibility index (Phi) is 9.49. The van der Waals surface area contributed by atoms with Crippen LogP contribution in [0.5, 0.6) is 0 Å². The summed E-state index contributed by atoms with van der Waals surface area (Å²) in [7, 11) is -0.469. The van der Waals surface area contributed by atoms with Crippen molar-refractivity contribution in [1.29, 1.82) is 0 Å². The minimum Gasteiger partial charge on any atom is -0.388 e. The van der Waals surface area contributed by atoms with E-state index in [0.29, 0.717) is 54.0 Å². The summed E-state index contributed by atoms with van der Waals surface area (Å²) >= 11 is 0. The number of rotatable bonds is 11. The number of carbonyl (C=O) groups is 2. The third-order valence-corrected chi connectivity index (χ3v) is 11.7. The van der Waals surface area contributed by atoms with Crippen LogP contribution in [0.2, 0.25) is 0 Å². The van der Waals surface area contributed by atoms with Gasteiger partial charge in [0.1, 0.15) is 5.52 Å². The van der Waals surface area contributed by atoms with E-state index in [1.165, 1.54) is 14.4 Å². The first-order valence-electron chi connectivity index (χ1n) is 17.6. The molecule has 0 bridgehead atoms. The van der Waals surface area contributed by atoms with Crippen molar-refractivity contribution < 1.29 is 23.1 Å². The fraction of sp³-hybridized carbons (Fsp3) is 0.350. The summed E-state index contributed by atoms with van der Waals surface area (Å²) in [6, 6.07) is 18.8. The average molecular weight is 721 g/mol. The molecule has 0 spiro atoms. The molecule has 11 nitrogen and oxygen atoms in total. The third kappa shape index (κ3) is 7.37. The predicted molar refractivity (Wildman–Crippen MR) is 201 cm³/mol. The Morgan fingerprint density at radius 1 is 1.00 bits per heavy atom. The van der Waals surface area contributed by atoms with Crippen LogP contribution in [0.4, 0.5) is 0 Å². The van der Waals surface area contributed by atoms with Gasteiger partial charge in [0.25, 0.3) is 5.91 Å². The van der Waals surface area contributed by atoms with Crippen LogP contribution in [0.1, 0.15) is 57.4 Å². The fourth-order valence-electron chi connectivity index (χ4n) is 6.94. The summed E-state index contributed by atoms with van der Waals surface area (Å²) in [6.07, 6.45) is 5.93. The maximum absolute atomic E-state index is 13.9. The molecule has 0 atom stereocenters.